The summed E-state index contributed by atoms with van der Waals surface area (Å²) < 4.78 is 41.0. The zero-order chi connectivity index (χ0) is 19.6. The van der Waals surface area contributed by atoms with Crippen LogP contribution < -0.4 is 5.32 Å². The van der Waals surface area contributed by atoms with Crippen molar-refractivity contribution in [1.82, 2.24) is 9.88 Å². The van der Waals surface area contributed by atoms with Crippen molar-refractivity contribution in [2.45, 2.75) is 37.1 Å². The summed E-state index contributed by atoms with van der Waals surface area (Å²) >= 11 is 0. The highest BCUT2D eigenvalue weighted by atomic mass is 32.2. The number of nitrogens with zero attached hydrogens (tertiary/aromatic N) is 1. The summed E-state index contributed by atoms with van der Waals surface area (Å²) in [4.78, 5) is 12.3. The highest BCUT2D eigenvalue weighted by Crippen LogP contribution is 2.28. The number of rotatable bonds is 6. The van der Waals surface area contributed by atoms with Crippen LogP contribution >= 0.6 is 0 Å². The molecule has 5 nitrogen and oxygen atoms in total. The van der Waals surface area contributed by atoms with Crippen molar-refractivity contribution in [1.29, 1.82) is 0 Å². The van der Waals surface area contributed by atoms with Crippen LogP contribution in [0.5, 0.6) is 0 Å². The fourth-order valence-electron chi connectivity index (χ4n) is 3.04. The van der Waals surface area contributed by atoms with E-state index in [-0.39, 0.29) is 29.1 Å². The Morgan fingerprint density at radius 2 is 1.89 bits per heavy atom. The lowest BCUT2D eigenvalue weighted by Gasteiger charge is -2.09. The van der Waals surface area contributed by atoms with Gasteiger partial charge in [0.25, 0.3) is 0 Å². The molecule has 0 fully saturated rings. The molecule has 1 N–H and O–H groups in total. The monoisotopic (exact) mass is 388 g/mol. The largest absolute Gasteiger partial charge is 0.352 e. The molecular formula is C20H21FN2O3S. The van der Waals surface area contributed by atoms with Crippen molar-refractivity contribution in [2.75, 3.05) is 0 Å². The molecule has 1 heterocycles. The summed E-state index contributed by atoms with van der Waals surface area (Å²) in [6, 6.07) is 12.6. The van der Waals surface area contributed by atoms with E-state index in [2.05, 4.69) is 5.32 Å². The van der Waals surface area contributed by atoms with E-state index in [0.29, 0.717) is 16.5 Å². The van der Waals surface area contributed by atoms with Gasteiger partial charge in [0, 0.05) is 23.1 Å². The number of hydrogen-bond donors (Lipinski definition) is 1. The van der Waals surface area contributed by atoms with Crippen LogP contribution in [0.15, 0.2) is 59.6 Å². The molecule has 0 saturated heterocycles. The number of hydrogen-bond acceptors (Lipinski definition) is 3. The summed E-state index contributed by atoms with van der Waals surface area (Å²) in [6.07, 6.45) is 1.49. The van der Waals surface area contributed by atoms with E-state index in [9.17, 15) is 17.6 Å². The minimum atomic E-state index is -3.71. The lowest BCUT2D eigenvalue weighted by molar-refractivity contribution is -0.122. The predicted octanol–water partition coefficient (Wildman–Crippen LogP) is 3.28. The molecule has 0 bridgehead atoms. The fraction of sp³-hybridized carbons (Fsp3) is 0.250. The van der Waals surface area contributed by atoms with Gasteiger partial charge >= 0.3 is 0 Å². The number of benzene rings is 2. The zero-order valence-corrected chi connectivity index (χ0v) is 16.0. The van der Waals surface area contributed by atoms with Crippen LogP contribution in [0, 0.1) is 5.82 Å². The third-order valence-electron chi connectivity index (χ3n) is 4.10. The summed E-state index contributed by atoms with van der Waals surface area (Å²) in [5.74, 6) is -0.980. The van der Waals surface area contributed by atoms with Gasteiger partial charge in [0.2, 0.25) is 5.91 Å². The number of para-hydroxylation sites is 1. The van der Waals surface area contributed by atoms with Crippen molar-refractivity contribution in [2.24, 2.45) is 0 Å². The Hall–Kier alpha value is -2.67. The Morgan fingerprint density at radius 3 is 2.59 bits per heavy atom. The molecule has 0 atom stereocenters. The molecule has 0 aliphatic rings. The van der Waals surface area contributed by atoms with Crippen molar-refractivity contribution in [3.8, 4) is 0 Å². The Kier molecular flexibility index (Phi) is 5.32. The average Bonchev–Trinajstić information content (AvgIpc) is 2.93. The second-order valence-corrected chi connectivity index (χ2v) is 8.71. The number of sulfone groups is 1. The highest BCUT2D eigenvalue weighted by molar-refractivity contribution is 7.90. The molecule has 0 saturated carbocycles. The molecule has 0 aliphatic heterocycles. The number of nitrogens with one attached hydrogen (secondary N) is 1. The predicted molar refractivity (Wildman–Crippen MR) is 103 cm³/mol. The Balaban J connectivity index is 2.00. The Morgan fingerprint density at radius 1 is 1.15 bits per heavy atom. The minimum absolute atomic E-state index is 0.00416. The van der Waals surface area contributed by atoms with Crippen LogP contribution in [0.4, 0.5) is 4.39 Å². The first-order valence-electron chi connectivity index (χ1n) is 8.61. The summed E-state index contributed by atoms with van der Waals surface area (Å²) in [6.45, 7) is 3.75. The van der Waals surface area contributed by atoms with E-state index < -0.39 is 15.7 Å². The number of carbonyl (C=O) groups is 1. The quantitative estimate of drug-likeness (QED) is 0.705. The molecule has 0 aliphatic carbocycles. The normalized spacial score (nSPS) is 11.9. The Bertz CT molecular complexity index is 1090. The molecular weight excluding hydrogens is 367 g/mol. The molecule has 0 unspecified atom stereocenters. The van der Waals surface area contributed by atoms with Gasteiger partial charge in [0.1, 0.15) is 12.4 Å². The van der Waals surface area contributed by atoms with Gasteiger partial charge in [-0.05, 0) is 37.6 Å². The van der Waals surface area contributed by atoms with Crippen molar-refractivity contribution < 1.29 is 17.6 Å². The zero-order valence-electron chi connectivity index (χ0n) is 15.1. The first-order valence-corrected chi connectivity index (χ1v) is 10.3. The molecule has 1 aromatic heterocycles. The minimum Gasteiger partial charge on any atom is -0.352 e. The topological polar surface area (TPSA) is 68.2 Å². The van der Waals surface area contributed by atoms with Crippen LogP contribution in [0.1, 0.15) is 19.4 Å². The van der Waals surface area contributed by atoms with Gasteiger partial charge in [-0.25, -0.2) is 12.8 Å². The molecule has 0 spiro atoms. The van der Waals surface area contributed by atoms with E-state index in [1.807, 2.05) is 13.8 Å². The van der Waals surface area contributed by atoms with Gasteiger partial charge in [-0.3, -0.25) is 4.79 Å². The SMILES string of the molecule is CC(C)NC(=O)Cn1cc(S(=O)(=O)Cc2cccc(F)c2)c2ccccc21. The van der Waals surface area contributed by atoms with Crippen molar-refractivity contribution in [3.05, 3.63) is 66.1 Å². The van der Waals surface area contributed by atoms with Gasteiger partial charge in [-0.2, -0.15) is 0 Å². The lowest BCUT2D eigenvalue weighted by atomic mass is 10.2. The first kappa shape index (κ1) is 19.1. The smallest absolute Gasteiger partial charge is 0.240 e. The molecule has 0 radical (unpaired) electrons. The summed E-state index contributed by atoms with van der Waals surface area (Å²) in [5.41, 5.74) is 1.04. The highest BCUT2D eigenvalue weighted by Gasteiger charge is 2.22. The number of halogens is 1. The molecule has 1 amide bonds. The molecule has 7 heteroatoms. The number of aromatic nitrogens is 1. The summed E-state index contributed by atoms with van der Waals surface area (Å²) in [5, 5.41) is 3.35. The maximum atomic E-state index is 13.4. The van der Waals surface area contributed by atoms with Gasteiger partial charge in [0.05, 0.1) is 10.6 Å². The molecule has 142 valence electrons. The lowest BCUT2D eigenvalue weighted by Crippen LogP contribution is -2.32. The number of carbonyl (C=O) groups excluding carboxylic acids is 1. The molecule has 27 heavy (non-hydrogen) atoms. The maximum Gasteiger partial charge on any atom is 0.240 e. The first-order chi connectivity index (χ1) is 12.8. The van der Waals surface area contributed by atoms with E-state index in [4.69, 9.17) is 0 Å². The standard InChI is InChI=1S/C20H21FN2O3S/c1-14(2)22-20(24)12-23-11-19(17-8-3-4-9-18(17)23)27(25,26)13-15-6-5-7-16(21)10-15/h3-11,14H,12-13H2,1-2H3,(H,22,24). The van der Waals surface area contributed by atoms with E-state index >= 15 is 0 Å². The van der Waals surface area contributed by atoms with Crippen molar-refractivity contribution in [3.63, 3.8) is 0 Å². The second-order valence-electron chi connectivity index (χ2n) is 6.75. The van der Waals surface area contributed by atoms with Crippen LogP contribution in [0.3, 0.4) is 0 Å². The van der Waals surface area contributed by atoms with Crippen LogP contribution in [0.25, 0.3) is 10.9 Å². The van der Waals surface area contributed by atoms with Crippen LogP contribution in [-0.2, 0) is 26.9 Å². The average molecular weight is 388 g/mol. The Labute approximate surface area is 157 Å². The van der Waals surface area contributed by atoms with Gasteiger partial charge < -0.3 is 9.88 Å². The van der Waals surface area contributed by atoms with Crippen molar-refractivity contribution >= 4 is 26.6 Å². The third-order valence-corrected chi connectivity index (χ3v) is 5.81. The number of amides is 1. The molecule has 2 aromatic carbocycles. The fourth-order valence-corrected chi connectivity index (χ4v) is 4.61. The van der Waals surface area contributed by atoms with E-state index in [0.717, 1.165) is 0 Å². The van der Waals surface area contributed by atoms with Crippen LogP contribution in [0.2, 0.25) is 0 Å². The van der Waals surface area contributed by atoms with Gasteiger partial charge in [-0.15, -0.1) is 0 Å². The second kappa shape index (κ2) is 7.52. The van der Waals surface area contributed by atoms with Gasteiger partial charge in [-0.1, -0.05) is 30.3 Å². The summed E-state index contributed by atoms with van der Waals surface area (Å²) in [7, 11) is -3.71. The van der Waals surface area contributed by atoms with Gasteiger partial charge in [0.15, 0.2) is 9.84 Å². The van der Waals surface area contributed by atoms with E-state index in [1.54, 1.807) is 34.9 Å². The van der Waals surface area contributed by atoms with Crippen LogP contribution in [-0.4, -0.2) is 24.9 Å². The molecule has 3 aromatic rings. The maximum absolute atomic E-state index is 13.4. The molecule has 3 rings (SSSR count). The third kappa shape index (κ3) is 4.36. The van der Waals surface area contributed by atoms with E-state index in [1.165, 1.54) is 24.4 Å². The number of fused-ring (bicyclic) bond motifs is 1.